The minimum absolute atomic E-state index is 0.110. The summed E-state index contributed by atoms with van der Waals surface area (Å²) in [7, 11) is 0. The Morgan fingerprint density at radius 1 is 1.14 bits per heavy atom. The zero-order chi connectivity index (χ0) is 29.4. The van der Waals surface area contributed by atoms with E-state index < -0.39 is 6.10 Å². The highest BCUT2D eigenvalue weighted by atomic mass is 35.5. The molecule has 0 radical (unpaired) electrons. The fraction of sp³-hybridized carbons (Fsp3) is 0.559. The van der Waals surface area contributed by atoms with Crippen molar-refractivity contribution < 1.29 is 19.4 Å². The second-order valence-electron chi connectivity index (χ2n) is 13.0. The molecule has 2 N–H and O–H groups in total. The van der Waals surface area contributed by atoms with Crippen LogP contribution in [0, 0.1) is 11.8 Å². The first kappa shape index (κ1) is 29.5. The van der Waals surface area contributed by atoms with Crippen molar-refractivity contribution in [1.82, 2.24) is 9.03 Å². The third-order valence-corrected chi connectivity index (χ3v) is 11.3. The van der Waals surface area contributed by atoms with Crippen LogP contribution in [0.2, 0.25) is 5.02 Å². The molecule has 1 amide bonds. The highest BCUT2D eigenvalue weighted by molar-refractivity contribution is 7.95. The number of anilines is 1. The quantitative estimate of drug-likeness (QED) is 0.317. The molecule has 0 aromatic heterocycles. The first-order valence-corrected chi connectivity index (χ1v) is 17.1. The molecule has 2 fully saturated rings. The molecule has 0 unspecified atom stereocenters. The van der Waals surface area contributed by atoms with E-state index >= 15 is 0 Å². The van der Waals surface area contributed by atoms with E-state index in [4.69, 9.17) is 21.1 Å². The number of carbonyl (C=O) groups excluding carboxylic acids is 1. The number of carbonyl (C=O) groups is 1. The fourth-order valence-corrected chi connectivity index (χ4v) is 8.72. The smallest absolute Gasteiger partial charge is 0.262 e. The molecule has 3 heterocycles. The van der Waals surface area contributed by atoms with Crippen LogP contribution in [0.1, 0.15) is 66.4 Å². The van der Waals surface area contributed by atoms with Gasteiger partial charge in [-0.25, -0.2) is 4.31 Å². The number of aryl methyl sites for hydroxylation is 1. The minimum atomic E-state index is -0.453. The summed E-state index contributed by atoms with van der Waals surface area (Å²) >= 11 is 7.78. The first-order valence-electron chi connectivity index (χ1n) is 16.0. The van der Waals surface area contributed by atoms with E-state index in [-0.39, 0.29) is 23.3 Å². The van der Waals surface area contributed by atoms with Crippen LogP contribution in [0.15, 0.2) is 48.6 Å². The number of fused-ring (bicyclic) bond motifs is 4. The Hall–Kier alpha value is -2.23. The molecule has 43 heavy (non-hydrogen) atoms. The molecule has 3 aliphatic heterocycles. The van der Waals surface area contributed by atoms with Crippen LogP contribution in [0.25, 0.3) is 0 Å². The Balaban J connectivity index is 1.22. The van der Waals surface area contributed by atoms with Gasteiger partial charge in [-0.05, 0) is 105 Å². The molecule has 5 aliphatic rings. The number of rotatable bonds is 2. The van der Waals surface area contributed by atoms with Gasteiger partial charge in [-0.1, -0.05) is 29.8 Å². The maximum absolute atomic E-state index is 13.5. The molecule has 2 bridgehead atoms. The summed E-state index contributed by atoms with van der Waals surface area (Å²) in [4.78, 5) is 16.0. The topological polar surface area (TPSA) is 74.3 Å². The first-order chi connectivity index (χ1) is 21.0. The minimum Gasteiger partial charge on any atom is -0.490 e. The molecule has 5 atom stereocenters. The molecule has 9 heteroatoms. The van der Waals surface area contributed by atoms with Crippen molar-refractivity contribution in [2.75, 3.05) is 44.3 Å². The Morgan fingerprint density at radius 2 is 2.07 bits per heavy atom. The van der Waals surface area contributed by atoms with Gasteiger partial charge < -0.3 is 19.5 Å². The number of halogens is 1. The lowest BCUT2D eigenvalue weighted by Crippen LogP contribution is -2.49. The van der Waals surface area contributed by atoms with Crippen LogP contribution in [-0.2, 0) is 16.6 Å². The molecule has 2 aromatic carbocycles. The predicted molar refractivity (Wildman–Crippen MR) is 172 cm³/mol. The van der Waals surface area contributed by atoms with Crippen molar-refractivity contribution in [3.8, 4) is 5.75 Å². The summed E-state index contributed by atoms with van der Waals surface area (Å²) in [6.45, 7) is 4.54. The van der Waals surface area contributed by atoms with E-state index in [9.17, 15) is 9.90 Å². The number of nitrogens with one attached hydrogen (secondary N) is 1. The van der Waals surface area contributed by atoms with Crippen molar-refractivity contribution >= 4 is 35.3 Å². The number of ether oxygens (including phenoxy) is 2. The van der Waals surface area contributed by atoms with Gasteiger partial charge in [0.2, 0.25) is 0 Å². The van der Waals surface area contributed by atoms with Gasteiger partial charge in [-0.2, -0.15) is 0 Å². The SMILES string of the molecule is O=C1NSN(C[C@@H]2CCCO2)CC/C=C\[C@H](O)[C@@H]2CC[C@H]2CN2C[C@@]3(CCCc4cc(Cl)ccc43)COc3ccc1cc32. The number of aliphatic hydroxyl groups excluding tert-OH is 1. The van der Waals surface area contributed by atoms with Crippen molar-refractivity contribution in [2.45, 2.75) is 69.0 Å². The maximum Gasteiger partial charge on any atom is 0.262 e. The molecule has 1 spiro atoms. The van der Waals surface area contributed by atoms with Gasteiger partial charge in [-0.3, -0.25) is 9.52 Å². The van der Waals surface area contributed by atoms with E-state index in [0.717, 1.165) is 101 Å². The second-order valence-corrected chi connectivity index (χ2v) is 14.4. The second kappa shape index (κ2) is 12.6. The molecule has 1 saturated carbocycles. The van der Waals surface area contributed by atoms with E-state index in [1.165, 1.54) is 23.3 Å². The Morgan fingerprint density at radius 3 is 2.91 bits per heavy atom. The van der Waals surface area contributed by atoms with Crippen molar-refractivity contribution in [3.63, 3.8) is 0 Å². The number of nitrogens with zero attached hydrogens (tertiary/aromatic N) is 2. The van der Waals surface area contributed by atoms with Gasteiger partial charge in [0.05, 0.1) is 24.5 Å². The average molecular weight is 624 g/mol. The van der Waals surface area contributed by atoms with Crippen LogP contribution in [0.3, 0.4) is 0 Å². The molecule has 2 aliphatic carbocycles. The predicted octanol–water partition coefficient (Wildman–Crippen LogP) is 5.93. The average Bonchev–Trinajstić information content (AvgIpc) is 3.45. The number of benzene rings is 2. The largest absolute Gasteiger partial charge is 0.490 e. The number of hydrogen-bond donors (Lipinski definition) is 2. The Labute approximate surface area is 264 Å². The Kier molecular flexibility index (Phi) is 8.67. The number of amides is 1. The monoisotopic (exact) mass is 623 g/mol. The van der Waals surface area contributed by atoms with Crippen molar-refractivity contribution in [1.29, 1.82) is 0 Å². The highest BCUT2D eigenvalue weighted by Crippen LogP contribution is 2.46. The number of hydrogen-bond acceptors (Lipinski definition) is 7. The van der Waals surface area contributed by atoms with Crippen LogP contribution in [0.4, 0.5) is 5.69 Å². The van der Waals surface area contributed by atoms with E-state index in [0.29, 0.717) is 18.1 Å². The van der Waals surface area contributed by atoms with Gasteiger partial charge in [0.15, 0.2) is 0 Å². The van der Waals surface area contributed by atoms with Gasteiger partial charge in [0.25, 0.3) is 5.91 Å². The zero-order valence-corrected chi connectivity index (χ0v) is 26.3. The molecular formula is C34H42ClN3O4S. The fourth-order valence-electron chi connectivity index (χ4n) is 7.76. The van der Waals surface area contributed by atoms with Crippen LogP contribution >= 0.6 is 23.7 Å². The summed E-state index contributed by atoms with van der Waals surface area (Å²) < 4.78 is 17.8. The van der Waals surface area contributed by atoms with E-state index in [1.54, 1.807) is 0 Å². The lowest BCUT2D eigenvalue weighted by molar-refractivity contribution is 0.0456. The lowest BCUT2D eigenvalue weighted by Gasteiger charge is -2.45. The third-order valence-electron chi connectivity index (χ3n) is 10.2. The summed E-state index contributed by atoms with van der Waals surface area (Å²) in [5, 5.41) is 12.0. The Bertz CT molecular complexity index is 1370. The van der Waals surface area contributed by atoms with E-state index in [2.05, 4.69) is 32.1 Å². The van der Waals surface area contributed by atoms with Gasteiger partial charge in [0, 0.05) is 60.9 Å². The number of aliphatic hydroxyl groups is 1. The van der Waals surface area contributed by atoms with Gasteiger partial charge in [0.1, 0.15) is 5.75 Å². The summed E-state index contributed by atoms with van der Waals surface area (Å²) in [5.74, 6) is 1.31. The van der Waals surface area contributed by atoms with Crippen LogP contribution in [0.5, 0.6) is 5.75 Å². The maximum atomic E-state index is 13.5. The normalized spacial score (nSPS) is 32.1. The molecule has 1 saturated heterocycles. The molecule has 7 rings (SSSR count). The van der Waals surface area contributed by atoms with Gasteiger partial charge in [-0.15, -0.1) is 0 Å². The van der Waals surface area contributed by atoms with Crippen molar-refractivity contribution in [2.24, 2.45) is 11.8 Å². The molecule has 2 aromatic rings. The van der Waals surface area contributed by atoms with Crippen LogP contribution in [-0.4, -0.2) is 66.9 Å². The molecule has 7 nitrogen and oxygen atoms in total. The summed E-state index contributed by atoms with van der Waals surface area (Å²) in [5.41, 5.74) is 4.07. The van der Waals surface area contributed by atoms with Gasteiger partial charge >= 0.3 is 0 Å². The van der Waals surface area contributed by atoms with Crippen LogP contribution < -0.4 is 14.4 Å². The lowest BCUT2D eigenvalue weighted by atomic mass is 9.68. The summed E-state index contributed by atoms with van der Waals surface area (Å²) in [6, 6.07) is 12.2. The van der Waals surface area contributed by atoms with E-state index in [1.807, 2.05) is 30.3 Å². The highest BCUT2D eigenvalue weighted by Gasteiger charge is 2.44. The third kappa shape index (κ3) is 6.19. The van der Waals surface area contributed by atoms with Crippen molar-refractivity contribution in [3.05, 3.63) is 70.3 Å². The molecule has 230 valence electrons. The zero-order valence-electron chi connectivity index (χ0n) is 24.7. The summed E-state index contributed by atoms with van der Waals surface area (Å²) in [6.07, 6.45) is 12.0. The molecular weight excluding hydrogens is 582 g/mol. The standard InChI is InChI=1S/C34H42ClN3O4S/c35-26-10-12-29-23(17-26)5-3-14-34(29)21-37-19-25-8-11-28(25)31(39)7-1-2-15-38(20-27-6-4-16-41-27)43-36-33(40)24-9-13-32(42-22-34)30(37)18-24/h1,7,9-10,12-13,17-18,25,27-28,31,39H,2-6,8,11,14-16,19-22H2,(H,36,40)/b7-1-/t25-,27-,28+,31-,34-/m0/s1.